The number of anilines is 1. The van der Waals surface area contributed by atoms with Gasteiger partial charge in [-0.25, -0.2) is 8.42 Å². The first-order valence-corrected chi connectivity index (χ1v) is 16.1. The lowest BCUT2D eigenvalue weighted by Gasteiger charge is -2.32. The number of carbonyl (C=O) groups excluding carboxylic acids is 2. The topological polar surface area (TPSA) is 86.8 Å². The highest BCUT2D eigenvalue weighted by Crippen LogP contribution is 2.26. The first-order chi connectivity index (χ1) is 18.4. The van der Waals surface area contributed by atoms with Crippen LogP contribution in [0.5, 0.6) is 0 Å². The molecule has 0 radical (unpaired) electrons. The van der Waals surface area contributed by atoms with Crippen LogP contribution in [0.2, 0.25) is 10.0 Å². The summed E-state index contributed by atoms with van der Waals surface area (Å²) >= 11 is 12.5. The highest BCUT2D eigenvalue weighted by molar-refractivity contribution is 7.92. The fraction of sp³-hybridized carbons (Fsp3) is 0.517. The maximum atomic E-state index is 13.6. The van der Waals surface area contributed by atoms with Crippen molar-refractivity contribution in [1.29, 1.82) is 0 Å². The van der Waals surface area contributed by atoms with Gasteiger partial charge in [-0.2, -0.15) is 0 Å². The summed E-state index contributed by atoms with van der Waals surface area (Å²) in [7, 11) is -3.56. The molecule has 214 valence electrons. The summed E-state index contributed by atoms with van der Waals surface area (Å²) in [4.78, 5) is 28.5. The van der Waals surface area contributed by atoms with Crippen molar-refractivity contribution in [3.8, 4) is 0 Å². The number of benzene rings is 2. The van der Waals surface area contributed by atoms with Crippen molar-refractivity contribution in [2.24, 2.45) is 0 Å². The zero-order valence-corrected chi connectivity index (χ0v) is 25.5. The van der Waals surface area contributed by atoms with E-state index in [4.69, 9.17) is 23.2 Å². The molecule has 0 unspecified atom stereocenters. The van der Waals surface area contributed by atoms with E-state index in [-0.39, 0.29) is 37.4 Å². The summed E-state index contributed by atoms with van der Waals surface area (Å²) in [6.45, 7) is 6.08. The van der Waals surface area contributed by atoms with Gasteiger partial charge in [0, 0.05) is 35.6 Å². The Labute approximate surface area is 242 Å². The predicted octanol–water partition coefficient (Wildman–Crippen LogP) is 6.02. The van der Waals surface area contributed by atoms with Crippen molar-refractivity contribution < 1.29 is 18.0 Å². The largest absolute Gasteiger partial charge is 0.352 e. The maximum absolute atomic E-state index is 13.6. The number of halogens is 2. The van der Waals surface area contributed by atoms with E-state index >= 15 is 0 Å². The third-order valence-corrected chi connectivity index (χ3v) is 9.15. The van der Waals surface area contributed by atoms with Gasteiger partial charge in [0.15, 0.2) is 0 Å². The first kappa shape index (κ1) is 31.2. The van der Waals surface area contributed by atoms with Crippen molar-refractivity contribution in [1.82, 2.24) is 10.2 Å². The Bertz CT molecular complexity index is 1280. The molecule has 7 nitrogen and oxygen atoms in total. The Hall–Kier alpha value is -2.29. The quantitative estimate of drug-likeness (QED) is 0.325. The van der Waals surface area contributed by atoms with Crippen LogP contribution in [0.1, 0.15) is 68.6 Å². The van der Waals surface area contributed by atoms with Crippen LogP contribution in [0.3, 0.4) is 0 Å². The van der Waals surface area contributed by atoms with Gasteiger partial charge in [-0.05, 0) is 80.5 Å². The van der Waals surface area contributed by atoms with E-state index in [1.54, 1.807) is 29.2 Å². The molecule has 1 aliphatic rings. The third kappa shape index (κ3) is 8.60. The average Bonchev–Trinajstić information content (AvgIpc) is 3.37. The smallest absolute Gasteiger partial charge is 0.243 e. The molecule has 0 aliphatic heterocycles. The number of carbonyl (C=O) groups is 2. The number of sulfonamides is 1. The predicted molar refractivity (Wildman–Crippen MR) is 159 cm³/mol. The van der Waals surface area contributed by atoms with Crippen LogP contribution in [0.4, 0.5) is 5.69 Å². The third-order valence-electron chi connectivity index (χ3n) is 7.37. The highest BCUT2D eigenvalue weighted by atomic mass is 35.5. The first-order valence-electron chi connectivity index (χ1n) is 13.5. The van der Waals surface area contributed by atoms with Crippen molar-refractivity contribution in [3.63, 3.8) is 0 Å². The molecule has 1 saturated carbocycles. The van der Waals surface area contributed by atoms with Crippen molar-refractivity contribution in [2.45, 2.75) is 84.3 Å². The minimum Gasteiger partial charge on any atom is -0.352 e. The fourth-order valence-electron chi connectivity index (χ4n) is 5.01. The molecule has 2 amide bonds. The molecule has 0 bridgehead atoms. The maximum Gasteiger partial charge on any atom is 0.243 e. The lowest BCUT2D eigenvalue weighted by molar-refractivity contribution is -0.141. The van der Waals surface area contributed by atoms with Crippen LogP contribution in [-0.2, 0) is 26.2 Å². The summed E-state index contributed by atoms with van der Waals surface area (Å²) in [5, 5.41) is 4.03. The molecule has 0 saturated heterocycles. The molecule has 1 aliphatic carbocycles. The molecule has 0 heterocycles. The number of aryl methyl sites for hydroxylation is 2. The molecule has 0 aromatic heterocycles. The van der Waals surface area contributed by atoms with E-state index in [1.807, 2.05) is 32.9 Å². The molecule has 0 spiro atoms. The zero-order valence-electron chi connectivity index (χ0n) is 23.2. The number of nitrogens with zero attached hydrogens (tertiary/aromatic N) is 2. The van der Waals surface area contributed by atoms with Gasteiger partial charge >= 0.3 is 0 Å². The van der Waals surface area contributed by atoms with Gasteiger partial charge < -0.3 is 10.2 Å². The Kier molecular flexibility index (Phi) is 11.1. The van der Waals surface area contributed by atoms with Crippen LogP contribution < -0.4 is 9.62 Å². The van der Waals surface area contributed by atoms with Gasteiger partial charge in [0.25, 0.3) is 0 Å². The summed E-state index contributed by atoms with van der Waals surface area (Å²) in [6.07, 6.45) is 6.04. The van der Waals surface area contributed by atoms with E-state index < -0.39 is 16.1 Å². The zero-order chi connectivity index (χ0) is 28.7. The van der Waals surface area contributed by atoms with Crippen LogP contribution in [-0.4, -0.2) is 50.0 Å². The number of amides is 2. The number of hydrogen-bond acceptors (Lipinski definition) is 4. The van der Waals surface area contributed by atoms with Crippen LogP contribution >= 0.6 is 23.2 Å². The van der Waals surface area contributed by atoms with Gasteiger partial charge in [0.05, 0.1) is 11.9 Å². The molecule has 1 atom stereocenters. The van der Waals surface area contributed by atoms with Gasteiger partial charge in [-0.3, -0.25) is 13.9 Å². The lowest BCUT2D eigenvalue weighted by Crippen LogP contribution is -2.51. The van der Waals surface area contributed by atoms with Crippen molar-refractivity contribution in [2.75, 3.05) is 17.1 Å². The molecule has 1 fully saturated rings. The summed E-state index contributed by atoms with van der Waals surface area (Å²) in [5.41, 5.74) is 3.32. The molecule has 3 rings (SSSR count). The van der Waals surface area contributed by atoms with E-state index in [9.17, 15) is 18.0 Å². The van der Waals surface area contributed by atoms with Crippen molar-refractivity contribution >= 4 is 50.7 Å². The second kappa shape index (κ2) is 13.9. The molecule has 10 heteroatoms. The molecular formula is C29H39Cl2N3O4S. The minimum atomic E-state index is -3.56. The SMILES string of the molecule is CC[C@H](C(=O)NC1CCCC1)N(Cc1ccc(Cl)cc1Cl)C(=O)CCCN(c1ccc(C)c(C)c1)S(C)(=O)=O. The van der Waals surface area contributed by atoms with Crippen molar-refractivity contribution in [3.05, 3.63) is 63.1 Å². The molecule has 39 heavy (non-hydrogen) atoms. The normalized spacial score (nSPS) is 14.7. The van der Waals surface area contributed by atoms with Gasteiger partial charge in [-0.15, -0.1) is 0 Å². The van der Waals surface area contributed by atoms with Gasteiger partial charge in [0.1, 0.15) is 6.04 Å². The number of nitrogens with one attached hydrogen (secondary N) is 1. The van der Waals surface area contributed by atoms with E-state index in [0.717, 1.165) is 36.8 Å². The van der Waals surface area contributed by atoms with Crippen LogP contribution in [0.25, 0.3) is 0 Å². The van der Waals surface area contributed by atoms with E-state index in [1.165, 1.54) is 10.6 Å². The monoisotopic (exact) mass is 595 g/mol. The Morgan fingerprint density at radius 2 is 1.74 bits per heavy atom. The molecular weight excluding hydrogens is 557 g/mol. The summed E-state index contributed by atoms with van der Waals surface area (Å²) in [6, 6.07) is 10.1. The van der Waals surface area contributed by atoms with Gasteiger partial charge in [-0.1, -0.05) is 55.1 Å². The summed E-state index contributed by atoms with van der Waals surface area (Å²) < 4.78 is 26.5. The summed E-state index contributed by atoms with van der Waals surface area (Å²) in [5.74, 6) is -0.404. The Morgan fingerprint density at radius 3 is 2.33 bits per heavy atom. The number of hydrogen-bond donors (Lipinski definition) is 1. The minimum absolute atomic E-state index is 0.0787. The van der Waals surface area contributed by atoms with E-state index in [0.29, 0.717) is 34.1 Å². The van der Waals surface area contributed by atoms with E-state index in [2.05, 4.69) is 5.32 Å². The Balaban J connectivity index is 1.79. The number of rotatable bonds is 12. The second-order valence-corrected chi connectivity index (χ2v) is 13.1. The lowest BCUT2D eigenvalue weighted by atomic mass is 10.1. The van der Waals surface area contributed by atoms with Gasteiger partial charge in [0.2, 0.25) is 21.8 Å². The molecule has 2 aromatic rings. The highest BCUT2D eigenvalue weighted by Gasteiger charge is 2.31. The molecule has 1 N–H and O–H groups in total. The Morgan fingerprint density at radius 1 is 1.05 bits per heavy atom. The standard InChI is InChI=1S/C29H39Cl2N3O4S/c1-5-27(29(36)32-24-9-6-7-10-24)33(19-22-13-14-23(30)18-26(22)31)28(35)11-8-16-34(39(4,37)38)25-15-12-20(2)21(3)17-25/h12-15,17-18,24,27H,5-11,16,19H2,1-4H3,(H,32,36)/t27-/m1/s1. The average molecular weight is 597 g/mol. The second-order valence-electron chi connectivity index (χ2n) is 10.4. The molecule has 2 aromatic carbocycles. The van der Waals surface area contributed by atoms with Crippen LogP contribution in [0, 0.1) is 13.8 Å². The van der Waals surface area contributed by atoms with Crippen LogP contribution in [0.15, 0.2) is 36.4 Å². The fourth-order valence-corrected chi connectivity index (χ4v) is 6.43.